The van der Waals surface area contributed by atoms with Crippen molar-refractivity contribution in [3.05, 3.63) is 59.2 Å². The van der Waals surface area contributed by atoms with Gasteiger partial charge in [-0.2, -0.15) is 0 Å². The van der Waals surface area contributed by atoms with Gasteiger partial charge in [-0.3, -0.25) is 9.10 Å². The van der Waals surface area contributed by atoms with Gasteiger partial charge in [0.15, 0.2) is 6.10 Å². The standard InChI is InChI=1S/C20H24N2O4S/c1-13-9-10-14(2)16(11-13)15(3)21-20(23)19-12-22(27(4,24)25)17-7-5-6-8-18(17)26-19/h5-11,15,19H,12H2,1-4H3,(H,21,23)/t15-,19-/m0/s1. The number of hydrogen-bond acceptors (Lipinski definition) is 4. The quantitative estimate of drug-likeness (QED) is 0.874. The number of amides is 1. The number of para-hydroxylation sites is 2. The van der Waals surface area contributed by atoms with E-state index in [1.54, 1.807) is 24.3 Å². The van der Waals surface area contributed by atoms with Crippen molar-refractivity contribution < 1.29 is 17.9 Å². The van der Waals surface area contributed by atoms with Crippen molar-refractivity contribution in [3.8, 4) is 5.75 Å². The van der Waals surface area contributed by atoms with Gasteiger partial charge in [-0.05, 0) is 44.0 Å². The summed E-state index contributed by atoms with van der Waals surface area (Å²) in [6.07, 6.45) is 0.213. The number of sulfonamides is 1. The molecule has 6 nitrogen and oxygen atoms in total. The molecule has 1 aliphatic rings. The van der Waals surface area contributed by atoms with E-state index in [0.29, 0.717) is 11.4 Å². The monoisotopic (exact) mass is 388 g/mol. The highest BCUT2D eigenvalue weighted by molar-refractivity contribution is 7.92. The average Bonchev–Trinajstić information content (AvgIpc) is 2.61. The Labute approximate surface area is 160 Å². The van der Waals surface area contributed by atoms with Crippen molar-refractivity contribution in [2.75, 3.05) is 17.1 Å². The highest BCUT2D eigenvalue weighted by atomic mass is 32.2. The number of carbonyl (C=O) groups is 1. The van der Waals surface area contributed by atoms with Crippen LogP contribution in [0, 0.1) is 13.8 Å². The summed E-state index contributed by atoms with van der Waals surface area (Å²) in [6.45, 7) is 5.85. The lowest BCUT2D eigenvalue weighted by molar-refractivity contribution is -0.128. The summed E-state index contributed by atoms with van der Waals surface area (Å²) >= 11 is 0. The molecule has 0 aliphatic carbocycles. The van der Waals surface area contributed by atoms with Gasteiger partial charge < -0.3 is 10.1 Å². The molecule has 2 aromatic rings. The fourth-order valence-corrected chi connectivity index (χ4v) is 4.18. The van der Waals surface area contributed by atoms with Crippen LogP contribution in [0.4, 0.5) is 5.69 Å². The smallest absolute Gasteiger partial charge is 0.263 e. The number of aryl methyl sites for hydroxylation is 2. The second-order valence-corrected chi connectivity index (χ2v) is 8.87. The summed E-state index contributed by atoms with van der Waals surface area (Å²) in [6, 6.07) is 12.7. The van der Waals surface area contributed by atoms with Gasteiger partial charge >= 0.3 is 0 Å². The van der Waals surface area contributed by atoms with Crippen LogP contribution in [-0.2, 0) is 14.8 Å². The van der Waals surface area contributed by atoms with E-state index in [9.17, 15) is 13.2 Å². The first-order chi connectivity index (χ1) is 12.7. The van der Waals surface area contributed by atoms with Crippen molar-refractivity contribution in [2.24, 2.45) is 0 Å². The van der Waals surface area contributed by atoms with Crippen LogP contribution in [0.1, 0.15) is 29.7 Å². The zero-order valence-electron chi connectivity index (χ0n) is 15.9. The van der Waals surface area contributed by atoms with E-state index in [4.69, 9.17) is 4.74 Å². The summed E-state index contributed by atoms with van der Waals surface area (Å²) in [7, 11) is -3.53. The molecule has 1 heterocycles. The number of carbonyl (C=O) groups excluding carboxylic acids is 1. The van der Waals surface area contributed by atoms with Crippen LogP contribution in [0.5, 0.6) is 5.75 Å². The fraction of sp³-hybridized carbons (Fsp3) is 0.350. The molecule has 1 amide bonds. The molecule has 0 spiro atoms. The molecule has 2 aromatic carbocycles. The first-order valence-electron chi connectivity index (χ1n) is 8.77. The normalized spacial score (nSPS) is 17.6. The Balaban J connectivity index is 1.82. The first-order valence-corrected chi connectivity index (χ1v) is 10.6. The highest BCUT2D eigenvalue weighted by Gasteiger charge is 2.35. The highest BCUT2D eigenvalue weighted by Crippen LogP contribution is 2.34. The van der Waals surface area contributed by atoms with Gasteiger partial charge in [0.1, 0.15) is 5.75 Å². The Hall–Kier alpha value is -2.54. The minimum Gasteiger partial charge on any atom is -0.476 e. The fourth-order valence-electron chi connectivity index (χ4n) is 3.26. The van der Waals surface area contributed by atoms with Gasteiger partial charge in [0.05, 0.1) is 24.5 Å². The Morgan fingerprint density at radius 3 is 2.63 bits per heavy atom. The van der Waals surface area contributed by atoms with Crippen LogP contribution >= 0.6 is 0 Å². The SMILES string of the molecule is Cc1ccc(C)c([C@H](C)NC(=O)[C@@H]2CN(S(C)(=O)=O)c3ccccc3O2)c1. The number of nitrogens with one attached hydrogen (secondary N) is 1. The zero-order valence-corrected chi connectivity index (χ0v) is 16.7. The van der Waals surface area contributed by atoms with E-state index >= 15 is 0 Å². The van der Waals surface area contributed by atoms with Crippen molar-refractivity contribution in [1.29, 1.82) is 0 Å². The summed E-state index contributed by atoms with van der Waals surface area (Å²) < 4.78 is 31.4. The molecule has 27 heavy (non-hydrogen) atoms. The molecule has 1 N–H and O–H groups in total. The first kappa shape index (κ1) is 19.2. The third kappa shape index (κ3) is 4.08. The van der Waals surface area contributed by atoms with E-state index in [1.807, 2.05) is 39.0 Å². The van der Waals surface area contributed by atoms with Crippen LogP contribution in [0.2, 0.25) is 0 Å². The van der Waals surface area contributed by atoms with Crippen LogP contribution in [0.25, 0.3) is 0 Å². The van der Waals surface area contributed by atoms with Crippen LogP contribution in [0.15, 0.2) is 42.5 Å². The average molecular weight is 388 g/mol. The molecule has 0 saturated carbocycles. The molecule has 7 heteroatoms. The Kier molecular flexibility index (Phi) is 5.15. The number of ether oxygens (including phenoxy) is 1. The molecular formula is C20H24N2O4S. The Bertz CT molecular complexity index is 972. The minimum atomic E-state index is -3.53. The maximum Gasteiger partial charge on any atom is 0.263 e. The van der Waals surface area contributed by atoms with Gasteiger partial charge in [-0.1, -0.05) is 35.9 Å². The largest absolute Gasteiger partial charge is 0.476 e. The molecular weight excluding hydrogens is 364 g/mol. The maximum atomic E-state index is 12.8. The summed E-state index contributed by atoms with van der Waals surface area (Å²) in [4.78, 5) is 12.8. The Morgan fingerprint density at radius 1 is 1.22 bits per heavy atom. The summed E-state index contributed by atoms with van der Waals surface area (Å²) in [5.41, 5.74) is 3.68. The van der Waals surface area contributed by atoms with Gasteiger partial charge in [0, 0.05) is 0 Å². The molecule has 0 unspecified atom stereocenters. The molecule has 1 aliphatic heterocycles. The zero-order chi connectivity index (χ0) is 19.8. The molecule has 0 fully saturated rings. The maximum absolute atomic E-state index is 12.8. The van der Waals surface area contributed by atoms with Crippen molar-refractivity contribution in [1.82, 2.24) is 5.32 Å². The predicted molar refractivity (Wildman–Crippen MR) is 106 cm³/mol. The van der Waals surface area contributed by atoms with E-state index in [1.165, 1.54) is 4.31 Å². The van der Waals surface area contributed by atoms with Gasteiger partial charge in [-0.15, -0.1) is 0 Å². The summed E-state index contributed by atoms with van der Waals surface area (Å²) in [5.74, 6) is 0.0419. The molecule has 2 atom stereocenters. The van der Waals surface area contributed by atoms with E-state index in [2.05, 4.69) is 5.32 Å². The lowest BCUT2D eigenvalue weighted by atomic mass is 10.00. The topological polar surface area (TPSA) is 75.7 Å². The van der Waals surface area contributed by atoms with E-state index < -0.39 is 16.1 Å². The van der Waals surface area contributed by atoms with E-state index in [-0.39, 0.29) is 18.5 Å². The predicted octanol–water partition coefficient (Wildman–Crippen LogP) is 2.71. The van der Waals surface area contributed by atoms with Crippen molar-refractivity contribution in [3.63, 3.8) is 0 Å². The lowest BCUT2D eigenvalue weighted by Gasteiger charge is -2.34. The molecule has 0 saturated heterocycles. The van der Waals surface area contributed by atoms with Gasteiger partial charge in [0.25, 0.3) is 5.91 Å². The second-order valence-electron chi connectivity index (χ2n) is 6.96. The molecule has 144 valence electrons. The van der Waals surface area contributed by atoms with Crippen molar-refractivity contribution >= 4 is 21.6 Å². The Morgan fingerprint density at radius 2 is 1.93 bits per heavy atom. The van der Waals surface area contributed by atoms with Gasteiger partial charge in [0.2, 0.25) is 10.0 Å². The lowest BCUT2D eigenvalue weighted by Crippen LogP contribution is -2.50. The van der Waals surface area contributed by atoms with Crippen molar-refractivity contribution in [2.45, 2.75) is 32.9 Å². The van der Waals surface area contributed by atoms with E-state index in [0.717, 1.165) is 22.9 Å². The second kappa shape index (κ2) is 7.23. The van der Waals surface area contributed by atoms with Gasteiger partial charge in [-0.25, -0.2) is 8.42 Å². The van der Waals surface area contributed by atoms with Crippen LogP contribution in [0.3, 0.4) is 0 Å². The summed E-state index contributed by atoms with van der Waals surface area (Å²) in [5, 5.41) is 2.95. The molecule has 0 aromatic heterocycles. The molecule has 0 bridgehead atoms. The van der Waals surface area contributed by atoms with Crippen LogP contribution in [-0.4, -0.2) is 33.2 Å². The van der Waals surface area contributed by atoms with Crippen LogP contribution < -0.4 is 14.4 Å². The number of hydrogen-bond donors (Lipinski definition) is 1. The third-order valence-corrected chi connectivity index (χ3v) is 5.83. The molecule has 0 radical (unpaired) electrons. The number of nitrogens with zero attached hydrogens (tertiary/aromatic N) is 1. The number of anilines is 1. The molecule has 3 rings (SSSR count). The number of fused-ring (bicyclic) bond motifs is 1. The number of benzene rings is 2. The number of rotatable bonds is 4. The third-order valence-electron chi connectivity index (χ3n) is 4.69. The minimum absolute atomic E-state index is 0.0544.